The Balaban J connectivity index is 1.67. The van der Waals surface area contributed by atoms with Gasteiger partial charge in [0.2, 0.25) is 0 Å². The fraction of sp³-hybridized carbons (Fsp3) is 0.300. The van der Waals surface area contributed by atoms with Crippen LogP contribution in [-0.2, 0) is 12.8 Å². The second-order valence-electron chi connectivity index (χ2n) is 7.20. The maximum atomic E-state index is 14.3. The predicted molar refractivity (Wildman–Crippen MR) is 104 cm³/mol. The van der Waals surface area contributed by atoms with Crippen LogP contribution in [0.5, 0.6) is 0 Å². The van der Waals surface area contributed by atoms with Crippen molar-refractivity contribution < 1.29 is 23.5 Å². The van der Waals surface area contributed by atoms with Gasteiger partial charge >= 0.3 is 0 Å². The number of fused-ring (bicyclic) bond motifs is 1. The summed E-state index contributed by atoms with van der Waals surface area (Å²) in [6, 6.07) is 4.95. The lowest BCUT2D eigenvalue weighted by molar-refractivity contribution is 0.0778. The van der Waals surface area contributed by atoms with E-state index < -0.39 is 17.5 Å². The standard InChI is InChI=1S/C20H17ClF3N3O2/c21-14-3-9(1-2-15(14)22)4-17(27-29)12-7-16(23)19(24)20-13(12)8-18(26-20)25-10-5-11(28)6-10/h1-3,7,10-11,28-29H,4-6,8H2,(H,25,26)/b27-17+. The van der Waals surface area contributed by atoms with Crippen LogP contribution in [0.25, 0.3) is 0 Å². The van der Waals surface area contributed by atoms with Crippen molar-refractivity contribution >= 4 is 28.8 Å². The molecule has 1 saturated carbocycles. The summed E-state index contributed by atoms with van der Waals surface area (Å²) in [5.41, 5.74) is 1.24. The predicted octanol–water partition coefficient (Wildman–Crippen LogP) is 4.07. The first kappa shape index (κ1) is 19.7. The third-order valence-electron chi connectivity index (χ3n) is 5.15. The number of nitrogens with one attached hydrogen (secondary N) is 1. The Morgan fingerprint density at radius 1 is 1.17 bits per heavy atom. The van der Waals surface area contributed by atoms with E-state index in [2.05, 4.69) is 15.5 Å². The van der Waals surface area contributed by atoms with E-state index in [0.29, 0.717) is 29.8 Å². The molecule has 4 rings (SSSR count). The third kappa shape index (κ3) is 3.82. The maximum absolute atomic E-state index is 14.3. The Hall–Kier alpha value is -2.58. The first-order valence-electron chi connectivity index (χ1n) is 9.03. The number of hydrogen-bond acceptors (Lipinski definition) is 4. The number of aliphatic hydroxyl groups excluding tert-OH is 1. The topological polar surface area (TPSA) is 77.2 Å². The summed E-state index contributed by atoms with van der Waals surface area (Å²) in [5, 5.41) is 24.9. The molecular weight excluding hydrogens is 407 g/mol. The zero-order chi connectivity index (χ0) is 20.7. The van der Waals surface area contributed by atoms with Crippen molar-refractivity contribution in [2.24, 2.45) is 10.1 Å². The van der Waals surface area contributed by atoms with Crippen LogP contribution in [0.4, 0.5) is 18.9 Å². The van der Waals surface area contributed by atoms with E-state index in [9.17, 15) is 23.5 Å². The number of anilines is 1. The highest BCUT2D eigenvalue weighted by Crippen LogP contribution is 2.34. The molecule has 2 aromatic carbocycles. The molecule has 0 spiro atoms. The molecule has 0 saturated heterocycles. The van der Waals surface area contributed by atoms with Crippen molar-refractivity contribution in [1.29, 1.82) is 0 Å². The van der Waals surface area contributed by atoms with E-state index in [-0.39, 0.29) is 47.0 Å². The number of halogens is 4. The largest absolute Gasteiger partial charge is 0.411 e. The summed E-state index contributed by atoms with van der Waals surface area (Å²) in [6.45, 7) is 0. The Bertz CT molecular complexity index is 1040. The normalized spacial score (nSPS) is 22.4. The lowest BCUT2D eigenvalue weighted by Gasteiger charge is -2.28. The van der Waals surface area contributed by atoms with Gasteiger partial charge in [-0.15, -0.1) is 0 Å². The minimum Gasteiger partial charge on any atom is -0.411 e. The second kappa shape index (κ2) is 7.68. The summed E-state index contributed by atoms with van der Waals surface area (Å²) < 4.78 is 41.9. The molecular formula is C20H17ClF3N3O2. The quantitative estimate of drug-likeness (QED) is 0.394. The highest BCUT2D eigenvalue weighted by Gasteiger charge is 2.31. The van der Waals surface area contributed by atoms with Gasteiger partial charge < -0.3 is 15.6 Å². The van der Waals surface area contributed by atoms with Crippen molar-refractivity contribution in [2.75, 3.05) is 5.32 Å². The fourth-order valence-corrected chi connectivity index (χ4v) is 3.78. The van der Waals surface area contributed by atoms with Crippen molar-refractivity contribution in [3.05, 3.63) is 63.4 Å². The highest BCUT2D eigenvalue weighted by atomic mass is 35.5. The van der Waals surface area contributed by atoms with Gasteiger partial charge in [-0.05, 0) is 42.2 Å². The van der Waals surface area contributed by atoms with Gasteiger partial charge in [0.25, 0.3) is 0 Å². The molecule has 0 bridgehead atoms. The van der Waals surface area contributed by atoms with E-state index in [1.54, 1.807) is 0 Å². The number of benzene rings is 2. The summed E-state index contributed by atoms with van der Waals surface area (Å²) in [4.78, 5) is 4.44. The van der Waals surface area contributed by atoms with Crippen LogP contribution in [0.15, 0.2) is 34.4 Å². The number of aliphatic hydroxyl groups is 1. The first-order chi connectivity index (χ1) is 13.9. The van der Waals surface area contributed by atoms with Gasteiger partial charge in [-0.1, -0.05) is 22.8 Å². The molecule has 1 aliphatic heterocycles. The molecule has 1 aliphatic carbocycles. The van der Waals surface area contributed by atoms with E-state index in [1.165, 1.54) is 18.2 Å². The molecule has 0 atom stereocenters. The number of nitrogens with zero attached hydrogens (tertiary/aromatic N) is 2. The SMILES string of the molecule is O/N=C(\Cc1ccc(F)c(Cl)c1)c1cc(F)c(F)c2c1CC(=NC1CC(O)C1)N2. The van der Waals surface area contributed by atoms with Crippen LogP contribution >= 0.6 is 11.6 Å². The molecule has 0 aromatic heterocycles. The van der Waals surface area contributed by atoms with Crippen molar-refractivity contribution in [1.82, 2.24) is 0 Å². The molecule has 3 N–H and O–H groups in total. The molecule has 29 heavy (non-hydrogen) atoms. The van der Waals surface area contributed by atoms with Crippen LogP contribution in [-0.4, -0.2) is 34.0 Å². The van der Waals surface area contributed by atoms with Gasteiger partial charge in [0.05, 0.1) is 28.6 Å². The lowest BCUT2D eigenvalue weighted by Crippen LogP contribution is -2.33. The van der Waals surface area contributed by atoms with E-state index in [0.717, 1.165) is 6.07 Å². The average molecular weight is 424 g/mol. The molecule has 9 heteroatoms. The Labute approximate surface area is 169 Å². The molecule has 152 valence electrons. The molecule has 2 aromatic rings. The summed E-state index contributed by atoms with van der Waals surface area (Å²) in [7, 11) is 0. The number of amidine groups is 1. The van der Waals surface area contributed by atoms with Crippen LogP contribution in [0.2, 0.25) is 5.02 Å². The molecule has 0 radical (unpaired) electrons. The lowest BCUT2D eigenvalue weighted by atomic mass is 9.90. The summed E-state index contributed by atoms with van der Waals surface area (Å²) in [5.74, 6) is -2.25. The minimum absolute atomic E-state index is 0.0370. The molecule has 5 nitrogen and oxygen atoms in total. The third-order valence-corrected chi connectivity index (χ3v) is 5.44. The number of hydrogen-bond donors (Lipinski definition) is 3. The van der Waals surface area contributed by atoms with Crippen LogP contribution in [0.3, 0.4) is 0 Å². The molecule has 1 fully saturated rings. The number of oxime groups is 1. The van der Waals surface area contributed by atoms with E-state index in [1.807, 2.05) is 0 Å². The first-order valence-corrected chi connectivity index (χ1v) is 9.41. The Kier molecular flexibility index (Phi) is 5.23. The van der Waals surface area contributed by atoms with Gasteiger partial charge in [-0.2, -0.15) is 0 Å². The number of rotatable bonds is 4. The van der Waals surface area contributed by atoms with E-state index in [4.69, 9.17) is 11.6 Å². The molecule has 1 heterocycles. The molecule has 2 aliphatic rings. The highest BCUT2D eigenvalue weighted by molar-refractivity contribution is 6.30. The van der Waals surface area contributed by atoms with Crippen LogP contribution < -0.4 is 5.32 Å². The average Bonchev–Trinajstić information content (AvgIpc) is 3.09. The molecule has 0 amide bonds. The molecule has 0 unspecified atom stereocenters. The van der Waals surface area contributed by atoms with Crippen LogP contribution in [0.1, 0.15) is 29.5 Å². The van der Waals surface area contributed by atoms with Gasteiger partial charge in [0.15, 0.2) is 11.6 Å². The zero-order valence-electron chi connectivity index (χ0n) is 15.1. The zero-order valence-corrected chi connectivity index (χ0v) is 15.8. The van der Waals surface area contributed by atoms with Gasteiger partial charge in [-0.25, -0.2) is 13.2 Å². The monoisotopic (exact) mass is 423 g/mol. The van der Waals surface area contributed by atoms with Crippen molar-refractivity contribution in [2.45, 2.75) is 37.8 Å². The van der Waals surface area contributed by atoms with Crippen molar-refractivity contribution in [3.63, 3.8) is 0 Å². The smallest absolute Gasteiger partial charge is 0.182 e. The maximum Gasteiger partial charge on any atom is 0.182 e. The van der Waals surface area contributed by atoms with E-state index >= 15 is 0 Å². The Morgan fingerprint density at radius 2 is 1.93 bits per heavy atom. The summed E-state index contributed by atoms with van der Waals surface area (Å²) >= 11 is 5.79. The second-order valence-corrected chi connectivity index (χ2v) is 7.61. The summed E-state index contributed by atoms with van der Waals surface area (Å²) in [6.07, 6.45) is 0.917. The van der Waals surface area contributed by atoms with Gasteiger partial charge in [0, 0.05) is 18.4 Å². The minimum atomic E-state index is -1.09. The van der Waals surface area contributed by atoms with Gasteiger partial charge in [-0.3, -0.25) is 4.99 Å². The van der Waals surface area contributed by atoms with Crippen molar-refractivity contribution in [3.8, 4) is 0 Å². The fourth-order valence-electron chi connectivity index (χ4n) is 3.58. The van der Waals surface area contributed by atoms with Crippen LogP contribution in [0, 0.1) is 17.5 Å². The van der Waals surface area contributed by atoms with Gasteiger partial charge in [0.1, 0.15) is 11.7 Å². The Morgan fingerprint density at radius 3 is 2.59 bits per heavy atom. The number of aliphatic imine (C=N–C) groups is 1.